The number of nitrogens with zero attached hydrogens (tertiary/aromatic N) is 5. The molecule has 0 radical (unpaired) electrons. The fourth-order valence-electron chi connectivity index (χ4n) is 2.54. The van der Waals surface area contributed by atoms with E-state index in [9.17, 15) is 9.59 Å². The van der Waals surface area contributed by atoms with Gasteiger partial charge in [-0.25, -0.2) is 4.68 Å². The maximum Gasteiger partial charge on any atom is 0.255 e. The number of hydrogen-bond donors (Lipinski definition) is 1. The van der Waals surface area contributed by atoms with Crippen molar-refractivity contribution in [2.45, 2.75) is 6.92 Å². The summed E-state index contributed by atoms with van der Waals surface area (Å²) in [7, 11) is 3.28. The van der Waals surface area contributed by atoms with Gasteiger partial charge in [0.1, 0.15) is 6.33 Å². The summed E-state index contributed by atoms with van der Waals surface area (Å²) >= 11 is 6.10. The predicted molar refractivity (Wildman–Crippen MR) is 101 cm³/mol. The summed E-state index contributed by atoms with van der Waals surface area (Å²) in [5.41, 5.74) is 2.90. The lowest BCUT2D eigenvalue weighted by atomic mass is 10.1. The van der Waals surface area contributed by atoms with Crippen molar-refractivity contribution in [1.29, 1.82) is 0 Å². The van der Waals surface area contributed by atoms with Crippen LogP contribution in [0.1, 0.15) is 26.3 Å². The smallest absolute Gasteiger partial charge is 0.255 e. The third kappa shape index (κ3) is 3.95. The third-order valence-corrected chi connectivity index (χ3v) is 4.25. The molecule has 9 heteroatoms. The molecular weight excluding hydrogens is 368 g/mol. The highest BCUT2D eigenvalue weighted by Crippen LogP contribution is 2.23. The van der Waals surface area contributed by atoms with E-state index < -0.39 is 0 Å². The topological polar surface area (TPSA) is 93.0 Å². The van der Waals surface area contributed by atoms with Crippen LogP contribution < -0.4 is 5.32 Å². The number of tetrazole rings is 1. The summed E-state index contributed by atoms with van der Waals surface area (Å²) in [6, 6.07) is 9.98. The molecule has 0 unspecified atom stereocenters. The first-order valence-corrected chi connectivity index (χ1v) is 8.41. The SMILES string of the molecule is Cc1cc(C(=O)Nc2ccc(Cl)c(C(=O)N(C)C)c2)ccc1-n1cnnn1. The van der Waals surface area contributed by atoms with E-state index in [0.29, 0.717) is 21.8 Å². The first-order chi connectivity index (χ1) is 12.9. The van der Waals surface area contributed by atoms with Gasteiger partial charge in [-0.2, -0.15) is 0 Å². The number of carbonyl (C=O) groups is 2. The Labute approximate surface area is 160 Å². The van der Waals surface area contributed by atoms with E-state index in [4.69, 9.17) is 11.6 Å². The van der Waals surface area contributed by atoms with Gasteiger partial charge in [0.05, 0.1) is 16.3 Å². The zero-order valence-electron chi connectivity index (χ0n) is 15.0. The largest absolute Gasteiger partial charge is 0.345 e. The molecule has 1 aromatic heterocycles. The van der Waals surface area contributed by atoms with E-state index in [0.717, 1.165) is 11.3 Å². The van der Waals surface area contributed by atoms with Crippen molar-refractivity contribution >= 4 is 29.1 Å². The quantitative estimate of drug-likeness (QED) is 0.746. The van der Waals surface area contributed by atoms with Gasteiger partial charge in [-0.15, -0.1) is 5.10 Å². The zero-order valence-corrected chi connectivity index (χ0v) is 15.7. The van der Waals surface area contributed by atoms with Crippen LogP contribution in [-0.2, 0) is 0 Å². The van der Waals surface area contributed by atoms with Crippen molar-refractivity contribution in [3.8, 4) is 5.69 Å². The van der Waals surface area contributed by atoms with Crippen LogP contribution in [0.5, 0.6) is 0 Å². The van der Waals surface area contributed by atoms with Crippen molar-refractivity contribution in [2.24, 2.45) is 0 Å². The Morgan fingerprint density at radius 1 is 1.15 bits per heavy atom. The van der Waals surface area contributed by atoms with Crippen molar-refractivity contribution < 1.29 is 9.59 Å². The molecule has 1 heterocycles. The highest BCUT2D eigenvalue weighted by molar-refractivity contribution is 6.34. The van der Waals surface area contributed by atoms with Gasteiger partial charge in [0.2, 0.25) is 0 Å². The van der Waals surface area contributed by atoms with Crippen LogP contribution in [-0.4, -0.2) is 51.0 Å². The standard InChI is InChI=1S/C18H17ClN6O2/c1-11-8-12(4-7-16(11)25-10-20-22-23-25)17(26)21-13-5-6-15(19)14(9-13)18(27)24(2)3/h4-10H,1-3H3,(H,21,26). The van der Waals surface area contributed by atoms with Gasteiger partial charge < -0.3 is 10.2 Å². The van der Waals surface area contributed by atoms with Gasteiger partial charge in [0.15, 0.2) is 0 Å². The molecule has 0 saturated heterocycles. The van der Waals surface area contributed by atoms with Crippen molar-refractivity contribution in [1.82, 2.24) is 25.1 Å². The van der Waals surface area contributed by atoms with Gasteiger partial charge in [0, 0.05) is 25.3 Å². The molecule has 0 saturated carbocycles. The van der Waals surface area contributed by atoms with Crippen LogP contribution in [0.2, 0.25) is 5.02 Å². The summed E-state index contributed by atoms with van der Waals surface area (Å²) in [5, 5.41) is 14.2. The number of benzene rings is 2. The number of rotatable bonds is 4. The number of aryl methyl sites for hydroxylation is 1. The Morgan fingerprint density at radius 3 is 2.56 bits per heavy atom. The van der Waals surface area contributed by atoms with E-state index >= 15 is 0 Å². The number of carbonyl (C=O) groups excluding carboxylic acids is 2. The van der Waals surface area contributed by atoms with Crippen LogP contribution in [0.25, 0.3) is 5.69 Å². The summed E-state index contributed by atoms with van der Waals surface area (Å²) in [6.45, 7) is 1.87. The first kappa shape index (κ1) is 18.5. The van der Waals surface area contributed by atoms with Crippen LogP contribution in [0, 0.1) is 6.92 Å². The lowest BCUT2D eigenvalue weighted by molar-refractivity contribution is 0.0827. The number of anilines is 1. The Kier molecular flexibility index (Phi) is 5.18. The fraction of sp³-hybridized carbons (Fsp3) is 0.167. The van der Waals surface area contributed by atoms with Crippen LogP contribution in [0.15, 0.2) is 42.7 Å². The average molecular weight is 385 g/mol. The summed E-state index contributed by atoms with van der Waals surface area (Å²) < 4.78 is 1.52. The Morgan fingerprint density at radius 2 is 1.93 bits per heavy atom. The molecule has 8 nitrogen and oxygen atoms in total. The number of amides is 2. The average Bonchev–Trinajstić information content (AvgIpc) is 3.16. The van der Waals surface area contributed by atoms with Crippen LogP contribution in [0.3, 0.4) is 0 Å². The molecule has 0 atom stereocenters. The van der Waals surface area contributed by atoms with E-state index in [1.165, 1.54) is 15.9 Å². The molecule has 138 valence electrons. The van der Waals surface area contributed by atoms with Crippen molar-refractivity contribution in [3.63, 3.8) is 0 Å². The molecule has 0 fully saturated rings. The summed E-state index contributed by atoms with van der Waals surface area (Å²) in [5.74, 6) is -0.537. The minimum atomic E-state index is -0.299. The molecule has 2 aromatic carbocycles. The molecule has 2 amide bonds. The van der Waals surface area contributed by atoms with Gasteiger partial charge in [-0.3, -0.25) is 9.59 Å². The molecule has 3 rings (SSSR count). The Balaban J connectivity index is 1.83. The second kappa shape index (κ2) is 7.55. The number of hydrogen-bond acceptors (Lipinski definition) is 5. The van der Waals surface area contributed by atoms with Gasteiger partial charge in [-0.1, -0.05) is 11.6 Å². The Hall–Kier alpha value is -3.26. The maximum atomic E-state index is 12.6. The highest BCUT2D eigenvalue weighted by Gasteiger charge is 2.15. The van der Waals surface area contributed by atoms with E-state index in [2.05, 4.69) is 20.8 Å². The molecular formula is C18H17ClN6O2. The molecule has 27 heavy (non-hydrogen) atoms. The van der Waals surface area contributed by atoms with Gasteiger partial charge in [0.25, 0.3) is 11.8 Å². The predicted octanol–water partition coefficient (Wildman–Crippen LogP) is 2.58. The summed E-state index contributed by atoms with van der Waals surface area (Å²) in [6.07, 6.45) is 1.49. The normalized spacial score (nSPS) is 10.5. The molecule has 0 aliphatic carbocycles. The fourth-order valence-corrected chi connectivity index (χ4v) is 2.73. The number of nitrogens with one attached hydrogen (secondary N) is 1. The lowest BCUT2D eigenvalue weighted by Crippen LogP contribution is -2.22. The van der Waals surface area contributed by atoms with Gasteiger partial charge in [-0.05, 0) is 59.3 Å². The lowest BCUT2D eigenvalue weighted by Gasteiger charge is -2.13. The molecule has 0 aliphatic heterocycles. The van der Waals surface area contributed by atoms with E-state index in [1.54, 1.807) is 50.5 Å². The molecule has 3 aromatic rings. The minimum Gasteiger partial charge on any atom is -0.345 e. The molecule has 0 spiro atoms. The highest BCUT2D eigenvalue weighted by atomic mass is 35.5. The number of halogens is 1. The van der Waals surface area contributed by atoms with Crippen molar-refractivity contribution in [3.05, 3.63) is 64.4 Å². The second-order valence-corrected chi connectivity index (χ2v) is 6.51. The van der Waals surface area contributed by atoms with Crippen molar-refractivity contribution in [2.75, 3.05) is 19.4 Å². The van der Waals surface area contributed by atoms with E-state index in [1.807, 2.05) is 6.92 Å². The Bertz CT molecular complexity index is 1000. The number of aromatic nitrogens is 4. The first-order valence-electron chi connectivity index (χ1n) is 8.03. The van der Waals surface area contributed by atoms with Crippen LogP contribution in [0.4, 0.5) is 5.69 Å². The molecule has 1 N–H and O–H groups in total. The minimum absolute atomic E-state index is 0.238. The second-order valence-electron chi connectivity index (χ2n) is 6.10. The monoisotopic (exact) mass is 384 g/mol. The molecule has 0 bridgehead atoms. The van der Waals surface area contributed by atoms with E-state index in [-0.39, 0.29) is 11.8 Å². The van der Waals surface area contributed by atoms with Gasteiger partial charge >= 0.3 is 0 Å². The van der Waals surface area contributed by atoms with Crippen LogP contribution >= 0.6 is 11.6 Å². The maximum absolute atomic E-state index is 12.6. The summed E-state index contributed by atoms with van der Waals surface area (Å²) in [4.78, 5) is 26.2. The third-order valence-electron chi connectivity index (χ3n) is 3.92. The molecule has 0 aliphatic rings. The zero-order chi connectivity index (χ0) is 19.6.